The Labute approximate surface area is 154 Å². The number of hydrogen-bond donors (Lipinski definition) is 0. The Bertz CT molecular complexity index is 734. The third-order valence-electron chi connectivity index (χ3n) is 4.85. The highest BCUT2D eigenvalue weighted by atomic mass is 32.2. The zero-order valence-electron chi connectivity index (χ0n) is 15.4. The van der Waals surface area contributed by atoms with E-state index in [4.69, 9.17) is 4.74 Å². The third-order valence-corrected chi connectivity index (χ3v) is 6.89. The summed E-state index contributed by atoms with van der Waals surface area (Å²) in [4.78, 5) is 14.2. The minimum atomic E-state index is -3.46. The maximum Gasteiger partial charge on any atom is 0.282 e. The van der Waals surface area contributed by atoms with Crippen LogP contribution in [-0.4, -0.2) is 90.1 Å². The number of hydrogen-bond acceptors (Lipinski definition) is 5. The third kappa shape index (κ3) is 4.25. The summed E-state index contributed by atoms with van der Waals surface area (Å²) in [6, 6.07) is 1.99. The molecule has 1 amide bonds. The molecule has 0 aliphatic carbocycles. The van der Waals surface area contributed by atoms with Gasteiger partial charge < -0.3 is 9.64 Å². The van der Waals surface area contributed by atoms with Crippen molar-refractivity contribution in [3.63, 3.8) is 0 Å². The number of carbonyl (C=O) groups excluding carboxylic acids is 1. The van der Waals surface area contributed by atoms with Gasteiger partial charge in [-0.15, -0.1) is 0 Å². The molecule has 1 aromatic heterocycles. The monoisotopic (exact) mass is 385 g/mol. The summed E-state index contributed by atoms with van der Waals surface area (Å²) in [6.07, 6.45) is 0.373. The van der Waals surface area contributed by atoms with Gasteiger partial charge in [0.05, 0.1) is 18.9 Å². The van der Waals surface area contributed by atoms with Gasteiger partial charge in [0.25, 0.3) is 10.2 Å². The van der Waals surface area contributed by atoms with E-state index in [2.05, 4.69) is 5.10 Å². The molecule has 9 nitrogen and oxygen atoms in total. The highest BCUT2D eigenvalue weighted by molar-refractivity contribution is 7.86. The second-order valence-electron chi connectivity index (χ2n) is 6.70. The Balaban J connectivity index is 1.49. The van der Waals surface area contributed by atoms with E-state index in [1.807, 2.05) is 24.6 Å². The molecule has 0 unspecified atom stereocenters. The maximum absolute atomic E-state index is 12.6. The number of nitrogens with zero attached hydrogens (tertiary/aromatic N) is 5. The summed E-state index contributed by atoms with van der Waals surface area (Å²) in [7, 11) is -3.46. The minimum absolute atomic E-state index is 0.0426. The normalized spacial score (nSPS) is 20.5. The molecule has 0 saturated carbocycles. The molecule has 0 aromatic carbocycles. The van der Waals surface area contributed by atoms with Crippen LogP contribution in [0.2, 0.25) is 0 Å². The van der Waals surface area contributed by atoms with Gasteiger partial charge in [-0.2, -0.15) is 22.1 Å². The number of ether oxygens (including phenoxy) is 1. The average molecular weight is 385 g/mol. The summed E-state index contributed by atoms with van der Waals surface area (Å²) < 4.78 is 35.3. The second kappa shape index (κ2) is 8.03. The molecule has 26 heavy (non-hydrogen) atoms. The van der Waals surface area contributed by atoms with Crippen LogP contribution in [0.3, 0.4) is 0 Å². The van der Waals surface area contributed by atoms with Crippen molar-refractivity contribution in [1.82, 2.24) is 23.3 Å². The van der Waals surface area contributed by atoms with Crippen molar-refractivity contribution in [3.8, 4) is 0 Å². The predicted molar refractivity (Wildman–Crippen MR) is 95.8 cm³/mol. The van der Waals surface area contributed by atoms with Gasteiger partial charge in [0.2, 0.25) is 5.91 Å². The van der Waals surface area contributed by atoms with Crippen LogP contribution < -0.4 is 0 Å². The number of carbonyl (C=O) groups is 1. The Morgan fingerprint density at radius 3 is 2.27 bits per heavy atom. The Kier molecular flexibility index (Phi) is 5.96. The van der Waals surface area contributed by atoms with Crippen LogP contribution in [0.4, 0.5) is 0 Å². The standard InChI is InChI=1S/C16H27N5O4S/c1-14-13-15(2)21(17-14)4-3-16(22)18-5-7-19(8-6-18)26(23,24)20-9-11-25-12-10-20/h13H,3-12H2,1-2H3. The SMILES string of the molecule is Cc1cc(C)n(CCC(=O)N2CCN(S(=O)(=O)N3CCOCC3)CC2)n1. The Morgan fingerprint density at radius 2 is 1.69 bits per heavy atom. The van der Waals surface area contributed by atoms with E-state index in [1.54, 1.807) is 4.90 Å². The second-order valence-corrected chi connectivity index (χ2v) is 8.63. The van der Waals surface area contributed by atoms with E-state index in [0.717, 1.165) is 11.4 Å². The average Bonchev–Trinajstić information content (AvgIpc) is 2.97. The molecule has 0 atom stereocenters. The molecular formula is C16H27N5O4S. The fourth-order valence-corrected chi connectivity index (χ4v) is 4.93. The van der Waals surface area contributed by atoms with Gasteiger partial charge in [-0.1, -0.05) is 0 Å². The van der Waals surface area contributed by atoms with Gasteiger partial charge in [-0.05, 0) is 19.9 Å². The molecule has 0 spiro atoms. The van der Waals surface area contributed by atoms with Gasteiger partial charge in [-0.3, -0.25) is 9.48 Å². The summed E-state index contributed by atoms with van der Waals surface area (Å²) in [5.74, 6) is 0.0426. The largest absolute Gasteiger partial charge is 0.379 e. The van der Waals surface area contributed by atoms with Crippen LogP contribution in [0, 0.1) is 13.8 Å². The molecule has 3 heterocycles. The minimum Gasteiger partial charge on any atom is -0.379 e. The van der Waals surface area contributed by atoms with Crippen LogP contribution in [0.5, 0.6) is 0 Å². The topological polar surface area (TPSA) is 88.0 Å². The smallest absolute Gasteiger partial charge is 0.282 e. The van der Waals surface area contributed by atoms with Gasteiger partial charge in [-0.25, -0.2) is 0 Å². The zero-order valence-corrected chi connectivity index (χ0v) is 16.2. The molecular weight excluding hydrogens is 358 g/mol. The van der Waals surface area contributed by atoms with Crippen molar-refractivity contribution in [3.05, 3.63) is 17.5 Å². The fourth-order valence-electron chi connectivity index (χ4n) is 3.37. The van der Waals surface area contributed by atoms with Gasteiger partial charge in [0.1, 0.15) is 0 Å². The van der Waals surface area contributed by atoms with Crippen LogP contribution in [0.1, 0.15) is 17.8 Å². The van der Waals surface area contributed by atoms with Crippen molar-refractivity contribution in [2.24, 2.45) is 0 Å². The molecule has 1 aromatic rings. The molecule has 2 saturated heterocycles. The summed E-state index contributed by atoms with van der Waals surface area (Å²) >= 11 is 0. The molecule has 0 N–H and O–H groups in total. The first-order valence-corrected chi connectivity index (χ1v) is 10.4. The number of morpholine rings is 1. The van der Waals surface area contributed by atoms with Crippen molar-refractivity contribution < 1.29 is 17.9 Å². The van der Waals surface area contributed by atoms with Crippen LogP contribution in [-0.2, 0) is 26.3 Å². The van der Waals surface area contributed by atoms with Crippen molar-refractivity contribution >= 4 is 16.1 Å². The molecule has 10 heteroatoms. The number of amides is 1. The zero-order chi connectivity index (χ0) is 18.7. The van der Waals surface area contributed by atoms with E-state index in [0.29, 0.717) is 65.4 Å². The number of rotatable bonds is 5. The highest BCUT2D eigenvalue weighted by Gasteiger charge is 2.34. The molecule has 146 valence electrons. The van der Waals surface area contributed by atoms with E-state index >= 15 is 0 Å². The van der Waals surface area contributed by atoms with E-state index in [1.165, 1.54) is 8.61 Å². The lowest BCUT2D eigenvalue weighted by Crippen LogP contribution is -2.55. The van der Waals surface area contributed by atoms with Crippen molar-refractivity contribution in [1.29, 1.82) is 0 Å². The number of aryl methyl sites for hydroxylation is 3. The Hall–Kier alpha value is -1.49. The molecule has 3 rings (SSSR count). The molecule has 0 radical (unpaired) electrons. The van der Waals surface area contributed by atoms with Crippen molar-refractivity contribution in [2.75, 3.05) is 52.5 Å². The first kappa shape index (κ1) is 19.3. The first-order chi connectivity index (χ1) is 12.4. The van der Waals surface area contributed by atoms with Gasteiger partial charge >= 0.3 is 0 Å². The molecule has 2 fully saturated rings. The molecule has 2 aliphatic heterocycles. The van der Waals surface area contributed by atoms with E-state index in [-0.39, 0.29) is 5.91 Å². The number of aromatic nitrogens is 2. The van der Waals surface area contributed by atoms with E-state index in [9.17, 15) is 13.2 Å². The fraction of sp³-hybridized carbons (Fsp3) is 0.750. The lowest BCUT2D eigenvalue weighted by Gasteiger charge is -2.37. The lowest BCUT2D eigenvalue weighted by atomic mass is 10.3. The summed E-state index contributed by atoms with van der Waals surface area (Å²) in [5, 5.41) is 4.37. The van der Waals surface area contributed by atoms with Crippen molar-refractivity contribution in [2.45, 2.75) is 26.8 Å². The maximum atomic E-state index is 12.6. The van der Waals surface area contributed by atoms with E-state index < -0.39 is 10.2 Å². The quantitative estimate of drug-likeness (QED) is 0.689. The van der Waals surface area contributed by atoms with Crippen LogP contribution in [0.25, 0.3) is 0 Å². The highest BCUT2D eigenvalue weighted by Crippen LogP contribution is 2.15. The molecule has 0 bridgehead atoms. The Morgan fingerprint density at radius 1 is 1.08 bits per heavy atom. The summed E-state index contributed by atoms with van der Waals surface area (Å²) in [5.41, 5.74) is 1.98. The molecule has 2 aliphatic rings. The summed E-state index contributed by atoms with van der Waals surface area (Å²) in [6.45, 7) is 7.64. The van der Waals surface area contributed by atoms with Gasteiger partial charge in [0, 0.05) is 57.9 Å². The first-order valence-electron chi connectivity index (χ1n) is 9.00. The predicted octanol–water partition coefficient (Wildman–Crippen LogP) is -0.389. The van der Waals surface area contributed by atoms with Crippen LogP contribution >= 0.6 is 0 Å². The van der Waals surface area contributed by atoms with Crippen LogP contribution in [0.15, 0.2) is 6.07 Å². The lowest BCUT2D eigenvalue weighted by molar-refractivity contribution is -0.132. The van der Waals surface area contributed by atoms with Gasteiger partial charge in [0.15, 0.2) is 0 Å². The number of piperazine rings is 1.